The third-order valence-electron chi connectivity index (χ3n) is 3.49. The molecule has 2 aliphatic rings. The van der Waals surface area contributed by atoms with E-state index in [1.165, 1.54) is 0 Å². The van der Waals surface area contributed by atoms with Gasteiger partial charge in [-0.05, 0) is 44.9 Å². The summed E-state index contributed by atoms with van der Waals surface area (Å²) in [6, 6.07) is 0. The zero-order valence-corrected chi connectivity index (χ0v) is 10.3. The molecule has 1 amide bonds. The molecule has 1 heterocycles. The zero-order valence-electron chi connectivity index (χ0n) is 10.3. The SMILES string of the molecule is CC(C)(C)OC(=O)N1C[C@@H]2[C@H](CCO)[C@@H]2C1. The van der Waals surface area contributed by atoms with Gasteiger partial charge in [-0.3, -0.25) is 0 Å². The Labute approximate surface area is 96.6 Å². The first-order chi connectivity index (χ1) is 7.42. The van der Waals surface area contributed by atoms with Gasteiger partial charge >= 0.3 is 6.09 Å². The molecule has 1 aliphatic heterocycles. The van der Waals surface area contributed by atoms with Crippen molar-refractivity contribution < 1.29 is 14.6 Å². The number of hydrogen-bond donors (Lipinski definition) is 1. The molecule has 3 atom stereocenters. The summed E-state index contributed by atoms with van der Waals surface area (Å²) < 4.78 is 5.32. The Hall–Kier alpha value is -0.770. The van der Waals surface area contributed by atoms with Crippen LogP contribution in [0.15, 0.2) is 0 Å². The fraction of sp³-hybridized carbons (Fsp3) is 0.917. The minimum absolute atomic E-state index is 0.192. The standard InChI is InChI=1S/C12H21NO3/c1-12(2,3)16-11(15)13-6-9-8(4-5-14)10(9)7-13/h8-10,14H,4-7H2,1-3H3/t8-,9+,10-. The molecular formula is C12H21NO3. The second kappa shape index (κ2) is 3.91. The van der Waals surface area contributed by atoms with Gasteiger partial charge in [-0.1, -0.05) is 0 Å². The molecule has 16 heavy (non-hydrogen) atoms. The molecule has 2 rings (SSSR count). The number of aliphatic hydroxyl groups is 1. The molecule has 0 aromatic heterocycles. The molecule has 1 N–H and O–H groups in total. The van der Waals surface area contributed by atoms with E-state index in [1.807, 2.05) is 20.8 Å². The molecule has 92 valence electrons. The molecule has 2 fully saturated rings. The van der Waals surface area contributed by atoms with E-state index in [2.05, 4.69) is 0 Å². The lowest BCUT2D eigenvalue weighted by molar-refractivity contribution is 0.0264. The van der Waals surface area contributed by atoms with Gasteiger partial charge in [-0.2, -0.15) is 0 Å². The van der Waals surface area contributed by atoms with E-state index in [4.69, 9.17) is 9.84 Å². The van der Waals surface area contributed by atoms with Crippen molar-refractivity contribution >= 4 is 6.09 Å². The Bertz CT molecular complexity index is 272. The predicted molar refractivity (Wildman–Crippen MR) is 60.0 cm³/mol. The van der Waals surface area contributed by atoms with Crippen molar-refractivity contribution in [2.24, 2.45) is 17.8 Å². The zero-order chi connectivity index (χ0) is 11.9. The largest absolute Gasteiger partial charge is 0.444 e. The third-order valence-corrected chi connectivity index (χ3v) is 3.49. The first-order valence-electron chi connectivity index (χ1n) is 6.01. The quantitative estimate of drug-likeness (QED) is 0.777. The maximum absolute atomic E-state index is 11.7. The number of fused-ring (bicyclic) bond motifs is 1. The van der Waals surface area contributed by atoms with E-state index in [9.17, 15) is 4.79 Å². The average molecular weight is 227 g/mol. The van der Waals surface area contributed by atoms with Gasteiger partial charge < -0.3 is 14.7 Å². The first kappa shape index (κ1) is 11.7. The lowest BCUT2D eigenvalue weighted by Crippen LogP contribution is -2.37. The van der Waals surface area contributed by atoms with E-state index in [1.54, 1.807) is 4.90 Å². The number of piperidine rings is 1. The fourth-order valence-corrected chi connectivity index (χ4v) is 2.70. The average Bonchev–Trinajstić information content (AvgIpc) is 2.60. The minimum Gasteiger partial charge on any atom is -0.444 e. The summed E-state index contributed by atoms with van der Waals surface area (Å²) in [5.74, 6) is 1.86. The summed E-state index contributed by atoms with van der Waals surface area (Å²) in [4.78, 5) is 13.5. The number of carbonyl (C=O) groups excluding carboxylic acids is 1. The number of likely N-dealkylation sites (tertiary alicyclic amines) is 1. The maximum Gasteiger partial charge on any atom is 0.410 e. The van der Waals surface area contributed by atoms with Crippen LogP contribution in [0.2, 0.25) is 0 Å². The first-order valence-corrected chi connectivity index (χ1v) is 6.01. The number of carbonyl (C=O) groups is 1. The number of ether oxygens (including phenoxy) is 1. The fourth-order valence-electron chi connectivity index (χ4n) is 2.70. The van der Waals surface area contributed by atoms with Crippen LogP contribution < -0.4 is 0 Å². The topological polar surface area (TPSA) is 49.8 Å². The van der Waals surface area contributed by atoms with Crippen molar-refractivity contribution in [3.05, 3.63) is 0 Å². The molecule has 0 aromatic carbocycles. The Morgan fingerprint density at radius 1 is 1.38 bits per heavy atom. The molecule has 4 nitrogen and oxygen atoms in total. The van der Waals surface area contributed by atoms with E-state index < -0.39 is 5.60 Å². The summed E-state index contributed by atoms with van der Waals surface area (Å²) >= 11 is 0. The van der Waals surface area contributed by atoms with Crippen molar-refractivity contribution in [1.29, 1.82) is 0 Å². The molecular weight excluding hydrogens is 206 g/mol. The highest BCUT2D eigenvalue weighted by molar-refractivity contribution is 5.68. The van der Waals surface area contributed by atoms with Gasteiger partial charge in [0.1, 0.15) is 5.60 Å². The number of hydrogen-bond acceptors (Lipinski definition) is 3. The van der Waals surface area contributed by atoms with Crippen LogP contribution in [0.3, 0.4) is 0 Å². The van der Waals surface area contributed by atoms with Crippen molar-refractivity contribution in [2.75, 3.05) is 19.7 Å². The van der Waals surface area contributed by atoms with Gasteiger partial charge in [0.2, 0.25) is 0 Å². The Morgan fingerprint density at radius 3 is 2.38 bits per heavy atom. The lowest BCUT2D eigenvalue weighted by Gasteiger charge is -2.25. The summed E-state index contributed by atoms with van der Waals surface area (Å²) in [6.07, 6.45) is 0.694. The summed E-state index contributed by atoms with van der Waals surface area (Å²) in [5.41, 5.74) is -0.408. The molecule has 0 unspecified atom stereocenters. The number of nitrogens with zero attached hydrogens (tertiary/aromatic N) is 1. The lowest BCUT2D eigenvalue weighted by atomic mass is 10.2. The van der Waals surface area contributed by atoms with Crippen molar-refractivity contribution in [3.63, 3.8) is 0 Å². The second-order valence-electron chi connectivity index (χ2n) is 5.89. The van der Waals surface area contributed by atoms with Crippen LogP contribution in [0, 0.1) is 17.8 Å². The molecule has 1 aliphatic carbocycles. The van der Waals surface area contributed by atoms with Crippen LogP contribution in [0.5, 0.6) is 0 Å². The normalized spacial score (nSPS) is 32.5. The molecule has 1 saturated heterocycles. The molecule has 0 bridgehead atoms. The number of rotatable bonds is 2. The van der Waals surface area contributed by atoms with Gasteiger partial charge in [-0.25, -0.2) is 4.79 Å². The van der Waals surface area contributed by atoms with Crippen LogP contribution in [0.1, 0.15) is 27.2 Å². The molecule has 0 radical (unpaired) electrons. The van der Waals surface area contributed by atoms with Crippen molar-refractivity contribution in [3.8, 4) is 0 Å². The highest BCUT2D eigenvalue weighted by atomic mass is 16.6. The molecule has 0 spiro atoms. The smallest absolute Gasteiger partial charge is 0.410 e. The van der Waals surface area contributed by atoms with Crippen molar-refractivity contribution in [1.82, 2.24) is 4.90 Å². The molecule has 0 aromatic rings. The van der Waals surface area contributed by atoms with E-state index in [0.29, 0.717) is 17.8 Å². The predicted octanol–water partition coefficient (Wildman–Crippen LogP) is 1.48. The van der Waals surface area contributed by atoms with E-state index >= 15 is 0 Å². The Kier molecular flexibility index (Phi) is 2.86. The van der Waals surface area contributed by atoms with E-state index in [-0.39, 0.29) is 12.7 Å². The second-order valence-corrected chi connectivity index (χ2v) is 5.89. The summed E-state index contributed by atoms with van der Waals surface area (Å²) in [7, 11) is 0. The van der Waals surface area contributed by atoms with Crippen LogP contribution >= 0.6 is 0 Å². The Balaban J connectivity index is 1.78. The summed E-state index contributed by atoms with van der Waals surface area (Å²) in [5, 5.41) is 8.85. The maximum atomic E-state index is 11.7. The summed E-state index contributed by atoms with van der Waals surface area (Å²) in [6.45, 7) is 7.54. The van der Waals surface area contributed by atoms with Crippen LogP contribution in [0.4, 0.5) is 4.79 Å². The van der Waals surface area contributed by atoms with E-state index in [0.717, 1.165) is 19.5 Å². The van der Waals surface area contributed by atoms with Gasteiger partial charge in [0, 0.05) is 19.7 Å². The van der Waals surface area contributed by atoms with Crippen LogP contribution in [-0.2, 0) is 4.74 Å². The number of amides is 1. The van der Waals surface area contributed by atoms with Crippen LogP contribution in [0.25, 0.3) is 0 Å². The molecule has 1 saturated carbocycles. The van der Waals surface area contributed by atoms with Gasteiger partial charge in [0.05, 0.1) is 0 Å². The van der Waals surface area contributed by atoms with Gasteiger partial charge in [0.25, 0.3) is 0 Å². The minimum atomic E-state index is -0.408. The third kappa shape index (κ3) is 2.32. The number of aliphatic hydroxyl groups excluding tert-OH is 1. The monoisotopic (exact) mass is 227 g/mol. The van der Waals surface area contributed by atoms with Gasteiger partial charge in [0.15, 0.2) is 0 Å². The molecule has 4 heteroatoms. The van der Waals surface area contributed by atoms with Crippen LogP contribution in [-0.4, -0.2) is 41.4 Å². The Morgan fingerprint density at radius 2 is 1.94 bits per heavy atom. The van der Waals surface area contributed by atoms with Gasteiger partial charge in [-0.15, -0.1) is 0 Å². The highest BCUT2D eigenvalue weighted by Crippen LogP contribution is 2.53. The highest BCUT2D eigenvalue weighted by Gasteiger charge is 2.56. The van der Waals surface area contributed by atoms with Crippen molar-refractivity contribution in [2.45, 2.75) is 32.8 Å².